The van der Waals surface area contributed by atoms with Crippen molar-refractivity contribution in [1.29, 1.82) is 0 Å². The van der Waals surface area contributed by atoms with Gasteiger partial charge in [-0.3, -0.25) is 10.00 Å². The van der Waals surface area contributed by atoms with Crippen LogP contribution in [0.5, 0.6) is 0 Å². The van der Waals surface area contributed by atoms with E-state index in [0.29, 0.717) is 5.02 Å². The summed E-state index contributed by atoms with van der Waals surface area (Å²) in [6.07, 6.45) is 1.23. The number of hydrogen-bond acceptors (Lipinski definition) is 4. The van der Waals surface area contributed by atoms with Crippen molar-refractivity contribution in [3.8, 4) is 0 Å². The number of aromatic amines is 1. The number of piperidine rings is 1. The molecule has 3 N–H and O–H groups in total. The van der Waals surface area contributed by atoms with Gasteiger partial charge in [0.05, 0.1) is 29.1 Å². The van der Waals surface area contributed by atoms with Crippen LogP contribution in [0.2, 0.25) is 5.02 Å². The van der Waals surface area contributed by atoms with Crippen LogP contribution in [0.15, 0.2) is 0 Å². The van der Waals surface area contributed by atoms with Crippen LogP contribution in [0, 0.1) is 12.8 Å². The quantitative estimate of drug-likeness (QED) is 0.763. The first-order valence-corrected chi connectivity index (χ1v) is 6.70. The van der Waals surface area contributed by atoms with E-state index in [1.54, 1.807) is 0 Å². The van der Waals surface area contributed by atoms with E-state index in [-0.39, 0.29) is 12.5 Å². The maximum Gasteiger partial charge on any atom is 0.0951 e. The second-order valence-corrected chi connectivity index (χ2v) is 5.35. The van der Waals surface area contributed by atoms with Crippen molar-refractivity contribution in [2.45, 2.75) is 32.4 Å². The van der Waals surface area contributed by atoms with Crippen LogP contribution in [0.25, 0.3) is 0 Å². The summed E-state index contributed by atoms with van der Waals surface area (Å²) in [4.78, 5) is 2.28. The predicted octanol–water partition coefficient (Wildman–Crippen LogP) is 0.937. The molecule has 0 aliphatic carbocycles. The number of halogens is 1. The molecule has 0 saturated carbocycles. The summed E-state index contributed by atoms with van der Waals surface area (Å²) < 4.78 is 0. The van der Waals surface area contributed by atoms with E-state index in [1.807, 2.05) is 6.92 Å². The highest BCUT2D eigenvalue weighted by atomic mass is 35.5. The fraction of sp³-hybridized carbons (Fsp3) is 0.750. The molecular formula is C12H20ClN3O2. The highest BCUT2D eigenvalue weighted by molar-refractivity contribution is 6.31. The molecule has 1 fully saturated rings. The molecule has 102 valence electrons. The number of nitrogens with zero attached hydrogens (tertiary/aromatic N) is 2. The van der Waals surface area contributed by atoms with Gasteiger partial charge >= 0.3 is 0 Å². The second-order valence-electron chi connectivity index (χ2n) is 4.97. The number of nitrogens with one attached hydrogen (secondary N) is 1. The summed E-state index contributed by atoms with van der Waals surface area (Å²) in [5, 5.41) is 26.3. The zero-order valence-electron chi connectivity index (χ0n) is 10.6. The van der Waals surface area contributed by atoms with Crippen LogP contribution in [0.4, 0.5) is 0 Å². The van der Waals surface area contributed by atoms with Gasteiger partial charge in [0.2, 0.25) is 0 Å². The number of rotatable bonds is 4. The third kappa shape index (κ3) is 3.03. The Hall–Kier alpha value is -0.620. The number of aliphatic hydroxyl groups excluding tert-OH is 2. The molecule has 1 saturated heterocycles. The average molecular weight is 274 g/mol. The molecule has 1 atom stereocenters. The smallest absolute Gasteiger partial charge is 0.0951 e. The summed E-state index contributed by atoms with van der Waals surface area (Å²) in [5.74, 6) is 0.211. The van der Waals surface area contributed by atoms with Gasteiger partial charge < -0.3 is 10.2 Å². The topological polar surface area (TPSA) is 72.4 Å². The lowest BCUT2D eigenvalue weighted by molar-refractivity contribution is 0.0170. The van der Waals surface area contributed by atoms with E-state index < -0.39 is 6.10 Å². The Morgan fingerprint density at radius 3 is 2.67 bits per heavy atom. The molecule has 0 bridgehead atoms. The van der Waals surface area contributed by atoms with Gasteiger partial charge in [0, 0.05) is 6.54 Å². The minimum absolute atomic E-state index is 0.144. The molecule has 6 heteroatoms. The molecule has 2 heterocycles. The summed E-state index contributed by atoms with van der Waals surface area (Å²) in [6.45, 7) is 4.32. The molecule has 2 rings (SSSR count). The van der Waals surface area contributed by atoms with Crippen LogP contribution in [-0.2, 0) is 6.54 Å². The van der Waals surface area contributed by atoms with Crippen LogP contribution >= 0.6 is 11.6 Å². The minimum atomic E-state index is -0.580. The third-order valence-corrected chi connectivity index (χ3v) is 4.18. The predicted molar refractivity (Wildman–Crippen MR) is 69.4 cm³/mol. The molecule has 0 aromatic carbocycles. The van der Waals surface area contributed by atoms with Gasteiger partial charge in [-0.15, -0.1) is 0 Å². The number of likely N-dealkylation sites (tertiary alicyclic amines) is 1. The molecule has 1 aliphatic heterocycles. The van der Waals surface area contributed by atoms with Crippen molar-refractivity contribution in [3.63, 3.8) is 0 Å². The van der Waals surface area contributed by atoms with Gasteiger partial charge in [-0.2, -0.15) is 5.10 Å². The van der Waals surface area contributed by atoms with Gasteiger partial charge in [0.1, 0.15) is 0 Å². The van der Waals surface area contributed by atoms with E-state index in [9.17, 15) is 5.11 Å². The fourth-order valence-electron chi connectivity index (χ4n) is 2.43. The van der Waals surface area contributed by atoms with E-state index in [4.69, 9.17) is 16.7 Å². The number of aliphatic hydroxyl groups is 2. The Labute approximate surface area is 112 Å². The lowest BCUT2D eigenvalue weighted by Crippen LogP contribution is -2.38. The van der Waals surface area contributed by atoms with Crippen molar-refractivity contribution in [1.82, 2.24) is 15.1 Å². The average Bonchev–Trinajstić information content (AvgIpc) is 2.71. The number of hydrogen-bond donors (Lipinski definition) is 3. The van der Waals surface area contributed by atoms with Crippen LogP contribution in [0.1, 0.15) is 24.2 Å². The monoisotopic (exact) mass is 273 g/mol. The summed E-state index contributed by atoms with van der Waals surface area (Å²) >= 11 is 6.14. The first-order valence-electron chi connectivity index (χ1n) is 6.32. The highest BCUT2D eigenvalue weighted by Crippen LogP contribution is 2.24. The summed E-state index contributed by atoms with van der Waals surface area (Å²) in [5.41, 5.74) is 1.78. The van der Waals surface area contributed by atoms with Crippen molar-refractivity contribution in [2.24, 2.45) is 5.92 Å². The molecule has 18 heavy (non-hydrogen) atoms. The van der Waals surface area contributed by atoms with Crippen LogP contribution in [0.3, 0.4) is 0 Å². The second kappa shape index (κ2) is 6.02. The highest BCUT2D eigenvalue weighted by Gasteiger charge is 2.25. The van der Waals surface area contributed by atoms with Crippen molar-refractivity contribution >= 4 is 11.6 Å². The SMILES string of the molecule is Cc1[nH]nc(CN2CCC(C(O)CO)CC2)c1Cl. The number of aromatic nitrogens is 2. The van der Waals surface area contributed by atoms with Gasteiger partial charge in [0.15, 0.2) is 0 Å². The normalized spacial score (nSPS) is 20.2. The number of aryl methyl sites for hydroxylation is 1. The summed E-state index contributed by atoms with van der Waals surface area (Å²) in [6, 6.07) is 0. The summed E-state index contributed by atoms with van der Waals surface area (Å²) in [7, 11) is 0. The largest absolute Gasteiger partial charge is 0.394 e. The Morgan fingerprint density at radius 1 is 1.50 bits per heavy atom. The Bertz CT molecular complexity index is 389. The molecule has 1 aromatic rings. The van der Waals surface area contributed by atoms with Gasteiger partial charge in [-0.25, -0.2) is 0 Å². The Balaban J connectivity index is 1.85. The lowest BCUT2D eigenvalue weighted by Gasteiger charge is -2.33. The van der Waals surface area contributed by atoms with Crippen molar-refractivity contribution < 1.29 is 10.2 Å². The maximum atomic E-state index is 9.60. The van der Waals surface area contributed by atoms with Crippen LogP contribution in [-0.4, -0.2) is 51.1 Å². The lowest BCUT2D eigenvalue weighted by atomic mass is 9.91. The molecule has 5 nitrogen and oxygen atoms in total. The zero-order valence-corrected chi connectivity index (χ0v) is 11.3. The Kier molecular flexibility index (Phi) is 4.61. The fourth-order valence-corrected chi connectivity index (χ4v) is 2.57. The van der Waals surface area contributed by atoms with Gasteiger partial charge in [0.25, 0.3) is 0 Å². The third-order valence-electron chi connectivity index (χ3n) is 3.68. The van der Waals surface area contributed by atoms with Crippen molar-refractivity contribution in [2.75, 3.05) is 19.7 Å². The van der Waals surface area contributed by atoms with E-state index >= 15 is 0 Å². The maximum absolute atomic E-state index is 9.60. The molecular weight excluding hydrogens is 254 g/mol. The zero-order chi connectivity index (χ0) is 13.1. The van der Waals surface area contributed by atoms with E-state index in [2.05, 4.69) is 15.1 Å². The first-order chi connectivity index (χ1) is 8.61. The Morgan fingerprint density at radius 2 is 2.17 bits per heavy atom. The van der Waals surface area contributed by atoms with Gasteiger partial charge in [-0.05, 0) is 38.8 Å². The molecule has 0 radical (unpaired) electrons. The minimum Gasteiger partial charge on any atom is -0.394 e. The van der Waals surface area contributed by atoms with E-state index in [1.165, 1.54) is 0 Å². The van der Waals surface area contributed by atoms with E-state index in [0.717, 1.165) is 43.9 Å². The molecule has 1 aliphatic rings. The first kappa shape index (κ1) is 13.8. The van der Waals surface area contributed by atoms with Gasteiger partial charge in [-0.1, -0.05) is 11.6 Å². The van der Waals surface area contributed by atoms with Crippen molar-refractivity contribution in [3.05, 3.63) is 16.4 Å². The molecule has 0 amide bonds. The molecule has 0 spiro atoms. The number of H-pyrrole nitrogens is 1. The standard InChI is InChI=1S/C12H20ClN3O2/c1-8-12(13)10(15-14-8)6-16-4-2-9(3-5-16)11(18)7-17/h9,11,17-18H,2-7H2,1H3,(H,14,15). The van der Waals surface area contributed by atoms with Crippen LogP contribution < -0.4 is 0 Å². The molecule has 1 aromatic heterocycles. The molecule has 1 unspecified atom stereocenters.